The molecule has 102 valence electrons. The molecule has 0 spiro atoms. The zero-order chi connectivity index (χ0) is 13.5. The van der Waals surface area contributed by atoms with Crippen molar-refractivity contribution in [3.63, 3.8) is 0 Å². The Kier molecular flexibility index (Phi) is 5.45. The highest BCUT2D eigenvalue weighted by atomic mass is 32.2. The smallest absolute Gasteiger partial charge is 0.0830 e. The van der Waals surface area contributed by atoms with Crippen LogP contribution in [0.5, 0.6) is 0 Å². The van der Waals surface area contributed by atoms with Crippen LogP contribution < -0.4 is 0 Å². The van der Waals surface area contributed by atoms with Crippen LogP contribution in [0, 0.1) is 0 Å². The van der Waals surface area contributed by atoms with Crippen LogP contribution in [0.25, 0.3) is 0 Å². The molecule has 0 aliphatic heterocycles. The van der Waals surface area contributed by atoms with Crippen LogP contribution in [0.1, 0.15) is 31.5 Å². The topological polar surface area (TPSA) is 30.7 Å². The Morgan fingerprint density at radius 2 is 1.89 bits per heavy atom. The molecule has 0 N–H and O–H groups in total. The molecule has 4 heteroatoms. The van der Waals surface area contributed by atoms with Crippen molar-refractivity contribution in [2.75, 3.05) is 5.75 Å². The summed E-state index contributed by atoms with van der Waals surface area (Å²) >= 11 is 1.92. The molecule has 1 aromatic heterocycles. The number of aryl methyl sites for hydroxylation is 3. The summed E-state index contributed by atoms with van der Waals surface area (Å²) in [6.07, 6.45) is 5.24. The first-order valence-electron chi connectivity index (χ1n) is 6.92. The maximum absolute atomic E-state index is 4.17. The molecule has 0 fully saturated rings. The standard InChI is InChI=1S/C15H21N3S/c1-3-11-19-15-9-6-13(7-10-15)5-8-14-12-18(4-2)17-16-14/h6-7,9-10,12H,3-5,8,11H2,1-2H3. The van der Waals surface area contributed by atoms with Crippen LogP contribution in [0.15, 0.2) is 35.4 Å². The fourth-order valence-corrected chi connectivity index (χ4v) is 2.62. The molecule has 3 nitrogen and oxygen atoms in total. The predicted molar refractivity (Wildman–Crippen MR) is 80.6 cm³/mol. The largest absolute Gasteiger partial charge is 0.253 e. The van der Waals surface area contributed by atoms with E-state index >= 15 is 0 Å². The van der Waals surface area contributed by atoms with Crippen molar-refractivity contribution >= 4 is 11.8 Å². The van der Waals surface area contributed by atoms with Crippen molar-refractivity contribution in [2.24, 2.45) is 0 Å². The van der Waals surface area contributed by atoms with E-state index < -0.39 is 0 Å². The fourth-order valence-electron chi connectivity index (χ4n) is 1.85. The number of nitrogens with zero attached hydrogens (tertiary/aromatic N) is 3. The lowest BCUT2D eigenvalue weighted by molar-refractivity contribution is 0.626. The zero-order valence-corrected chi connectivity index (χ0v) is 12.5. The van der Waals surface area contributed by atoms with Crippen molar-refractivity contribution in [3.8, 4) is 0 Å². The summed E-state index contributed by atoms with van der Waals surface area (Å²) in [5.74, 6) is 1.19. The van der Waals surface area contributed by atoms with Gasteiger partial charge in [-0.1, -0.05) is 24.3 Å². The van der Waals surface area contributed by atoms with E-state index in [9.17, 15) is 0 Å². The zero-order valence-electron chi connectivity index (χ0n) is 11.7. The maximum atomic E-state index is 4.17. The summed E-state index contributed by atoms with van der Waals surface area (Å²) in [6.45, 7) is 5.17. The quantitative estimate of drug-likeness (QED) is 0.724. The van der Waals surface area contributed by atoms with Gasteiger partial charge in [0, 0.05) is 17.6 Å². The molecule has 0 saturated carbocycles. The average molecular weight is 275 g/mol. The van der Waals surface area contributed by atoms with Crippen LogP contribution in [-0.2, 0) is 19.4 Å². The Bertz CT molecular complexity index is 490. The first-order chi connectivity index (χ1) is 9.31. The Morgan fingerprint density at radius 1 is 1.11 bits per heavy atom. The Balaban J connectivity index is 1.85. The van der Waals surface area contributed by atoms with E-state index in [1.165, 1.54) is 22.6 Å². The SMILES string of the molecule is CCCSc1ccc(CCc2cn(CC)nn2)cc1. The van der Waals surface area contributed by atoms with Gasteiger partial charge in [0.15, 0.2) is 0 Å². The number of hydrogen-bond acceptors (Lipinski definition) is 3. The van der Waals surface area contributed by atoms with Gasteiger partial charge in [0.1, 0.15) is 0 Å². The Morgan fingerprint density at radius 3 is 2.53 bits per heavy atom. The molecule has 2 aromatic rings. The van der Waals surface area contributed by atoms with Gasteiger partial charge in [-0.15, -0.1) is 16.9 Å². The number of benzene rings is 1. The third kappa shape index (κ3) is 4.39. The summed E-state index contributed by atoms with van der Waals surface area (Å²) in [5, 5.41) is 8.23. The second-order valence-corrected chi connectivity index (χ2v) is 5.73. The lowest BCUT2D eigenvalue weighted by atomic mass is 10.1. The fraction of sp³-hybridized carbons (Fsp3) is 0.467. The molecule has 2 rings (SSSR count). The van der Waals surface area contributed by atoms with Crippen molar-refractivity contribution in [3.05, 3.63) is 41.7 Å². The number of thioether (sulfide) groups is 1. The van der Waals surface area contributed by atoms with Crippen molar-refractivity contribution in [2.45, 2.75) is 44.6 Å². The predicted octanol–water partition coefficient (Wildman–Crippen LogP) is 3.59. The first kappa shape index (κ1) is 14.1. The Hall–Kier alpha value is -1.29. The van der Waals surface area contributed by atoms with Gasteiger partial charge >= 0.3 is 0 Å². The molecular formula is C15H21N3S. The van der Waals surface area contributed by atoms with Gasteiger partial charge < -0.3 is 0 Å². The third-order valence-corrected chi connectivity index (χ3v) is 4.19. The molecule has 19 heavy (non-hydrogen) atoms. The van der Waals surface area contributed by atoms with Gasteiger partial charge in [0.25, 0.3) is 0 Å². The second kappa shape index (κ2) is 7.34. The highest BCUT2D eigenvalue weighted by Crippen LogP contribution is 2.19. The van der Waals surface area contributed by atoms with E-state index in [4.69, 9.17) is 0 Å². The van der Waals surface area contributed by atoms with Crippen LogP contribution in [0.4, 0.5) is 0 Å². The summed E-state index contributed by atoms with van der Waals surface area (Å²) in [6, 6.07) is 8.89. The summed E-state index contributed by atoms with van der Waals surface area (Å²) in [4.78, 5) is 1.36. The molecule has 0 atom stereocenters. The van der Waals surface area contributed by atoms with Crippen LogP contribution >= 0.6 is 11.8 Å². The van der Waals surface area contributed by atoms with Gasteiger partial charge in [0.2, 0.25) is 0 Å². The highest BCUT2D eigenvalue weighted by molar-refractivity contribution is 7.99. The summed E-state index contributed by atoms with van der Waals surface area (Å²) in [7, 11) is 0. The number of hydrogen-bond donors (Lipinski definition) is 0. The van der Waals surface area contributed by atoms with E-state index in [1.54, 1.807) is 0 Å². The molecule has 0 aliphatic carbocycles. The second-order valence-electron chi connectivity index (χ2n) is 4.56. The van der Waals surface area contributed by atoms with Crippen molar-refractivity contribution in [1.29, 1.82) is 0 Å². The molecule has 0 radical (unpaired) electrons. The minimum Gasteiger partial charge on any atom is -0.253 e. The van der Waals surface area contributed by atoms with E-state index in [0.717, 1.165) is 25.1 Å². The van der Waals surface area contributed by atoms with Crippen LogP contribution in [-0.4, -0.2) is 20.7 Å². The van der Waals surface area contributed by atoms with Gasteiger partial charge in [-0.3, -0.25) is 4.68 Å². The van der Waals surface area contributed by atoms with Gasteiger partial charge in [-0.2, -0.15) is 0 Å². The lowest BCUT2D eigenvalue weighted by Gasteiger charge is -2.02. The van der Waals surface area contributed by atoms with E-state index in [2.05, 4.69) is 48.4 Å². The summed E-state index contributed by atoms with van der Waals surface area (Å²) < 4.78 is 1.87. The lowest BCUT2D eigenvalue weighted by Crippen LogP contribution is -1.93. The van der Waals surface area contributed by atoms with Crippen molar-refractivity contribution in [1.82, 2.24) is 15.0 Å². The molecule has 0 unspecified atom stereocenters. The first-order valence-corrected chi connectivity index (χ1v) is 7.91. The van der Waals surface area contributed by atoms with E-state index in [-0.39, 0.29) is 0 Å². The normalized spacial score (nSPS) is 10.8. The van der Waals surface area contributed by atoms with Gasteiger partial charge in [-0.05, 0) is 49.6 Å². The number of rotatable bonds is 7. The van der Waals surface area contributed by atoms with E-state index in [0.29, 0.717) is 0 Å². The summed E-state index contributed by atoms with van der Waals surface area (Å²) in [5.41, 5.74) is 2.44. The average Bonchev–Trinajstić information content (AvgIpc) is 2.92. The third-order valence-electron chi connectivity index (χ3n) is 2.98. The minimum atomic E-state index is 0.885. The van der Waals surface area contributed by atoms with Crippen LogP contribution in [0.2, 0.25) is 0 Å². The molecule has 1 aromatic carbocycles. The molecule has 0 amide bonds. The maximum Gasteiger partial charge on any atom is 0.0830 e. The van der Waals surface area contributed by atoms with E-state index in [1.807, 2.05) is 22.6 Å². The minimum absolute atomic E-state index is 0.885. The molecule has 0 saturated heterocycles. The van der Waals surface area contributed by atoms with Crippen LogP contribution in [0.3, 0.4) is 0 Å². The van der Waals surface area contributed by atoms with Crippen molar-refractivity contribution < 1.29 is 0 Å². The molecule has 0 bridgehead atoms. The monoisotopic (exact) mass is 275 g/mol. The van der Waals surface area contributed by atoms with Gasteiger partial charge in [0.05, 0.1) is 5.69 Å². The number of aromatic nitrogens is 3. The Labute approximate surface area is 119 Å². The molecular weight excluding hydrogens is 254 g/mol. The highest BCUT2D eigenvalue weighted by Gasteiger charge is 2.01. The molecule has 0 aliphatic rings. The van der Waals surface area contributed by atoms with Gasteiger partial charge in [-0.25, -0.2) is 0 Å². The molecule has 1 heterocycles.